The molecule has 23 heavy (non-hydrogen) atoms. The summed E-state index contributed by atoms with van der Waals surface area (Å²) in [5, 5.41) is 0. The molecule has 0 atom stereocenters. The Hall–Kier alpha value is -0.357. The Labute approximate surface area is 152 Å². The van der Waals surface area contributed by atoms with Gasteiger partial charge in [0.05, 0.1) is 0 Å². The molecule has 0 aliphatic rings. The fourth-order valence-corrected chi connectivity index (χ4v) is 13.7. The van der Waals surface area contributed by atoms with Crippen LogP contribution in [0.3, 0.4) is 0 Å². The molecule has 0 saturated carbocycles. The van der Waals surface area contributed by atoms with Crippen LogP contribution in [-0.4, -0.2) is 40.7 Å². The molecule has 0 aromatic heterocycles. The second-order valence-electron chi connectivity index (χ2n) is 6.58. The maximum atomic E-state index is 2.47. The molecule has 1 rings (SSSR count). The summed E-state index contributed by atoms with van der Waals surface area (Å²) in [6.07, 6.45) is 14.1. The molecular weight excluding hydrogens is 475 g/mol. The van der Waals surface area contributed by atoms with E-state index in [1.54, 1.807) is 17.1 Å². The van der Waals surface area contributed by atoms with E-state index in [1.807, 2.05) is 0 Å². The molecule has 0 spiro atoms. The molecule has 0 saturated heterocycles. The van der Waals surface area contributed by atoms with E-state index >= 15 is 0 Å². The van der Waals surface area contributed by atoms with E-state index in [-0.39, 0.29) is 0 Å². The van der Waals surface area contributed by atoms with Gasteiger partial charge in [-0.1, -0.05) is 0 Å². The summed E-state index contributed by atoms with van der Waals surface area (Å²) >= 11 is -1.54. The van der Waals surface area contributed by atoms with Gasteiger partial charge in [-0.2, -0.15) is 0 Å². The summed E-state index contributed by atoms with van der Waals surface area (Å²) < 4.78 is 4.92. The van der Waals surface area contributed by atoms with Crippen LogP contribution in [-0.2, 0) is 6.42 Å². The fourth-order valence-electron chi connectivity index (χ4n) is 2.84. The van der Waals surface area contributed by atoms with Gasteiger partial charge in [-0.15, -0.1) is 0 Å². The van der Waals surface area contributed by atoms with Crippen molar-refractivity contribution >= 4 is 25.0 Å². The first kappa shape index (κ1) is 20.7. The van der Waals surface area contributed by atoms with Crippen molar-refractivity contribution in [1.82, 2.24) is 4.90 Å². The molecule has 1 aromatic carbocycles. The first-order valence-corrected chi connectivity index (χ1v) is 16.0. The van der Waals surface area contributed by atoms with Gasteiger partial charge in [-0.25, -0.2) is 0 Å². The van der Waals surface area contributed by atoms with Crippen LogP contribution in [0, 0.1) is 0 Å². The average molecular weight is 512 g/mol. The first-order valence-electron chi connectivity index (χ1n) is 9.35. The molecule has 0 radical (unpaired) electrons. The van der Waals surface area contributed by atoms with Crippen LogP contribution in [0.15, 0.2) is 36.5 Å². The van der Waals surface area contributed by atoms with Crippen molar-refractivity contribution in [3.05, 3.63) is 42.1 Å². The van der Waals surface area contributed by atoms with Crippen LogP contribution in [0.1, 0.15) is 57.9 Å². The van der Waals surface area contributed by atoms with E-state index in [0.29, 0.717) is 0 Å². The van der Waals surface area contributed by atoms with Gasteiger partial charge in [-0.3, -0.25) is 0 Å². The number of allylic oxidation sites excluding steroid dienone is 1. The first-order chi connectivity index (χ1) is 11.2. The van der Waals surface area contributed by atoms with Crippen LogP contribution in [0.2, 0.25) is 8.26 Å². The van der Waals surface area contributed by atoms with Gasteiger partial charge >= 0.3 is 153 Å². The molecule has 0 heterocycles. The van der Waals surface area contributed by atoms with Gasteiger partial charge in [0.1, 0.15) is 0 Å². The van der Waals surface area contributed by atoms with E-state index in [2.05, 4.69) is 69.4 Å². The van der Waals surface area contributed by atoms with Crippen LogP contribution >= 0.6 is 0 Å². The zero-order valence-electron chi connectivity index (χ0n) is 15.7. The number of benzene rings is 1. The van der Waals surface area contributed by atoms with Gasteiger partial charge in [0.15, 0.2) is 0 Å². The van der Waals surface area contributed by atoms with Crippen molar-refractivity contribution < 1.29 is 0 Å². The second-order valence-corrected chi connectivity index (χ2v) is 16.1. The Kier molecular flexibility index (Phi) is 11.7. The number of rotatable bonds is 12. The molecule has 0 fully saturated rings. The predicted octanol–water partition coefficient (Wildman–Crippen LogP) is 5.39. The number of unbranched alkanes of at least 4 members (excludes halogenated alkanes) is 4. The summed E-state index contributed by atoms with van der Waals surface area (Å²) in [5.74, 6) is 0. The zero-order chi connectivity index (χ0) is 16.9. The normalized spacial score (nSPS) is 11.5. The van der Waals surface area contributed by atoms with Crippen molar-refractivity contribution in [2.75, 3.05) is 14.1 Å². The monoisotopic (exact) mass is 511 g/mol. The predicted molar refractivity (Wildman–Crippen MR) is 107 cm³/mol. The van der Waals surface area contributed by atoms with E-state index in [0.717, 1.165) is 6.42 Å². The van der Waals surface area contributed by atoms with E-state index in [1.165, 1.54) is 38.5 Å². The van der Waals surface area contributed by atoms with Crippen LogP contribution in [0.5, 0.6) is 0 Å². The van der Waals surface area contributed by atoms with Gasteiger partial charge in [0, 0.05) is 0 Å². The van der Waals surface area contributed by atoms with Gasteiger partial charge < -0.3 is 0 Å². The van der Waals surface area contributed by atoms with E-state index < -0.39 is 21.8 Å². The summed E-state index contributed by atoms with van der Waals surface area (Å²) in [7, 11) is 4.19. The minimum atomic E-state index is -1.54. The van der Waals surface area contributed by atoms with Crippen LogP contribution in [0.25, 0.3) is 0 Å². The Morgan fingerprint density at radius 2 is 1.52 bits per heavy atom. The SMILES string of the molecule is CCCC[CH2][Bi]([CH2]CCCC)[c]1ccccc1CC=CN(C)C. The molecule has 0 aliphatic heterocycles. The Morgan fingerprint density at radius 3 is 2.09 bits per heavy atom. The molecule has 1 aromatic rings. The van der Waals surface area contributed by atoms with Crippen molar-refractivity contribution in [2.45, 2.75) is 67.1 Å². The van der Waals surface area contributed by atoms with Crippen molar-refractivity contribution in [2.24, 2.45) is 0 Å². The number of hydrogen-bond acceptors (Lipinski definition) is 1. The summed E-state index contributed by atoms with van der Waals surface area (Å²) in [6.45, 7) is 4.64. The van der Waals surface area contributed by atoms with Gasteiger partial charge in [-0.05, 0) is 0 Å². The topological polar surface area (TPSA) is 3.24 Å². The molecule has 1 nitrogen and oxygen atoms in total. The minimum absolute atomic E-state index is 1.10. The molecule has 0 aliphatic carbocycles. The van der Waals surface area contributed by atoms with E-state index in [4.69, 9.17) is 0 Å². The third-order valence-corrected chi connectivity index (χ3v) is 15.1. The summed E-state index contributed by atoms with van der Waals surface area (Å²) in [6, 6.07) is 9.34. The summed E-state index contributed by atoms with van der Waals surface area (Å²) in [5.41, 5.74) is 1.61. The van der Waals surface area contributed by atoms with Crippen LogP contribution < -0.4 is 3.27 Å². The molecule has 130 valence electrons. The molecule has 0 bridgehead atoms. The molecule has 0 amide bonds. The molecule has 0 unspecified atom stereocenters. The third-order valence-electron chi connectivity index (χ3n) is 4.14. The standard InChI is InChI=1S/C11H14N.2C5H11.Bi/c1-12(2)10-6-9-11-7-4-3-5-8-11;2*1-3-5-4-2;/h3-7,10H,9H2,1-2H3;2*1,3-5H2,2H3;. The van der Waals surface area contributed by atoms with E-state index in [9.17, 15) is 0 Å². The number of hydrogen-bond donors (Lipinski definition) is 0. The average Bonchev–Trinajstić information content (AvgIpc) is 2.54. The Morgan fingerprint density at radius 1 is 0.913 bits per heavy atom. The molecule has 2 heteroatoms. The zero-order valence-corrected chi connectivity index (χ0v) is 19.2. The van der Waals surface area contributed by atoms with Crippen LogP contribution in [0.4, 0.5) is 0 Å². The summed E-state index contributed by atoms with van der Waals surface area (Å²) in [4.78, 5) is 2.13. The third kappa shape index (κ3) is 8.89. The van der Waals surface area contributed by atoms with Crippen molar-refractivity contribution in [3.63, 3.8) is 0 Å². The Bertz CT molecular complexity index is 429. The van der Waals surface area contributed by atoms with Crippen molar-refractivity contribution in [3.8, 4) is 0 Å². The Balaban J connectivity index is 2.80. The quantitative estimate of drug-likeness (QED) is 0.269. The molecule has 0 N–H and O–H groups in total. The van der Waals surface area contributed by atoms with Crippen molar-refractivity contribution in [1.29, 1.82) is 0 Å². The number of nitrogens with zero attached hydrogens (tertiary/aromatic N) is 1. The molecular formula is C21H36BiN. The van der Waals surface area contributed by atoms with Gasteiger partial charge in [0.2, 0.25) is 0 Å². The fraction of sp³-hybridized carbons (Fsp3) is 0.619. The van der Waals surface area contributed by atoms with Gasteiger partial charge in [0.25, 0.3) is 0 Å². The second kappa shape index (κ2) is 13.0. The maximum absolute atomic E-state index is 2.47.